The van der Waals surface area contributed by atoms with Crippen molar-refractivity contribution in [1.82, 2.24) is 19.6 Å². The Hall–Kier alpha value is -8.26. The zero-order valence-corrected chi connectivity index (χ0v) is 41.9. The Morgan fingerprint density at radius 1 is 0.447 bits per heavy atom. The first-order chi connectivity index (χ1) is 36.9. The van der Waals surface area contributed by atoms with Gasteiger partial charge in [-0.3, -0.25) is 48.2 Å². The van der Waals surface area contributed by atoms with Crippen molar-refractivity contribution in [3.05, 3.63) is 166 Å². The van der Waals surface area contributed by atoms with E-state index in [0.717, 1.165) is 46.2 Å². The lowest BCUT2D eigenvalue weighted by Gasteiger charge is -2.42. The molecule has 4 aliphatic heterocycles. The third-order valence-electron chi connectivity index (χ3n) is 17.4. The van der Waals surface area contributed by atoms with Crippen molar-refractivity contribution >= 4 is 58.2 Å². The molecule has 384 valence electrons. The molecule has 0 saturated heterocycles. The van der Waals surface area contributed by atoms with Crippen LogP contribution < -0.4 is 0 Å². The van der Waals surface area contributed by atoms with E-state index >= 15 is 4.79 Å². The third-order valence-corrected chi connectivity index (χ3v) is 17.4. The predicted octanol–water partition coefficient (Wildman–Crippen LogP) is 9.40. The second kappa shape index (κ2) is 19.5. The number of fused-ring (bicyclic) bond motifs is 6. The highest BCUT2D eigenvalue weighted by molar-refractivity contribution is 6.28. The molecule has 6 aromatic carbocycles. The van der Waals surface area contributed by atoms with Gasteiger partial charge in [0.25, 0.3) is 23.6 Å². The zero-order chi connectivity index (χ0) is 52.5. The van der Waals surface area contributed by atoms with Crippen molar-refractivity contribution in [3.8, 4) is 22.3 Å². The number of rotatable bonds is 10. The summed E-state index contributed by atoms with van der Waals surface area (Å²) in [5.74, 6) is -7.83. The maximum Gasteiger partial charge on any atom is 0.307 e. The van der Waals surface area contributed by atoms with Crippen molar-refractivity contribution < 1.29 is 48.6 Å². The van der Waals surface area contributed by atoms with Crippen LogP contribution in [0.2, 0.25) is 0 Å². The molecular weight excluding hydrogens is 961 g/mol. The Labute approximate surface area is 438 Å². The summed E-state index contributed by atoms with van der Waals surface area (Å²) < 4.78 is 0. The van der Waals surface area contributed by atoms with Crippen LogP contribution in [0.15, 0.2) is 121 Å². The van der Waals surface area contributed by atoms with E-state index in [1.165, 1.54) is 9.80 Å². The first-order valence-corrected chi connectivity index (χ1v) is 26.6. The standard InChI is InChI=1S/C62H56N4O10/c67-55(44-19-8-10-21-47(44)61(73)74)63-29-27-36-15-4-5-16-38(36)52(63)33-66-59(71)51-32-49(40-17-6-7-18-43(40)54(51)60(66)72)39-23-12-24-42-41(39)28-30-64(56(68)45-20-9-11-22-48(45)62(75)76)53(42)34-65-57(69)46-26-25-37(31-50(46)58(65)70)35-13-2-1-3-14-35/h1-7,12-18,23-26,31-32,44-45,47-48,52-53H,8-11,19-22,27-30,33-34H2,(H,73,74)(H,75,76). The Morgan fingerprint density at radius 3 is 1.66 bits per heavy atom. The van der Waals surface area contributed by atoms with Crippen LogP contribution in [0.5, 0.6) is 0 Å². The number of aliphatic carboxylic acids is 2. The lowest BCUT2D eigenvalue weighted by Crippen LogP contribution is -2.50. The molecule has 0 bridgehead atoms. The van der Waals surface area contributed by atoms with Gasteiger partial charge in [0.1, 0.15) is 0 Å². The number of carboxylic acid groups (broad SMARTS) is 2. The van der Waals surface area contributed by atoms with E-state index in [-0.39, 0.29) is 53.7 Å². The van der Waals surface area contributed by atoms with Crippen LogP contribution in [-0.2, 0) is 32.0 Å². The van der Waals surface area contributed by atoms with E-state index in [0.29, 0.717) is 79.8 Å². The minimum atomic E-state index is -1.03. The molecule has 6 aliphatic rings. The number of imide groups is 2. The Balaban J connectivity index is 0.919. The topological polar surface area (TPSA) is 190 Å². The van der Waals surface area contributed by atoms with E-state index in [1.807, 2.05) is 103 Å². The van der Waals surface area contributed by atoms with E-state index in [4.69, 9.17) is 0 Å². The maximum absolute atomic E-state index is 15.0. The average molecular weight is 1020 g/mol. The van der Waals surface area contributed by atoms with Gasteiger partial charge in [-0.25, -0.2) is 0 Å². The van der Waals surface area contributed by atoms with E-state index in [2.05, 4.69) is 0 Å². The highest BCUT2D eigenvalue weighted by atomic mass is 16.4. The molecule has 2 N–H and O–H groups in total. The van der Waals surface area contributed by atoms with Crippen molar-refractivity contribution in [1.29, 1.82) is 0 Å². The van der Waals surface area contributed by atoms with E-state index in [1.54, 1.807) is 28.0 Å². The minimum Gasteiger partial charge on any atom is -0.481 e. The number of hydrogen-bond donors (Lipinski definition) is 2. The first-order valence-electron chi connectivity index (χ1n) is 26.6. The lowest BCUT2D eigenvalue weighted by atomic mass is 9.77. The molecule has 2 fully saturated rings. The molecule has 0 spiro atoms. The van der Waals surface area contributed by atoms with Crippen LogP contribution in [0, 0.1) is 23.7 Å². The Morgan fingerprint density at radius 2 is 0.987 bits per heavy atom. The molecule has 0 radical (unpaired) electrons. The number of amides is 6. The monoisotopic (exact) mass is 1020 g/mol. The summed E-state index contributed by atoms with van der Waals surface area (Å²) >= 11 is 0. The fourth-order valence-corrected chi connectivity index (χ4v) is 13.6. The molecule has 2 aliphatic carbocycles. The zero-order valence-electron chi connectivity index (χ0n) is 41.9. The van der Waals surface area contributed by atoms with Gasteiger partial charge in [0.05, 0.1) is 71.1 Å². The predicted molar refractivity (Wildman–Crippen MR) is 281 cm³/mol. The summed E-state index contributed by atoms with van der Waals surface area (Å²) in [6, 6.07) is 35.7. The van der Waals surface area contributed by atoms with Gasteiger partial charge >= 0.3 is 11.9 Å². The average Bonchev–Trinajstić information content (AvgIpc) is 3.86. The number of carboxylic acids is 2. The van der Waals surface area contributed by atoms with Crippen LogP contribution in [0.1, 0.15) is 127 Å². The molecule has 4 heterocycles. The molecule has 6 atom stereocenters. The molecule has 14 heteroatoms. The third kappa shape index (κ3) is 8.07. The normalized spacial score (nSPS) is 23.1. The Kier molecular flexibility index (Phi) is 12.5. The van der Waals surface area contributed by atoms with Gasteiger partial charge in [-0.05, 0) is 112 Å². The van der Waals surface area contributed by atoms with Gasteiger partial charge < -0.3 is 20.0 Å². The van der Waals surface area contributed by atoms with Crippen LogP contribution in [0.4, 0.5) is 0 Å². The van der Waals surface area contributed by atoms with E-state index in [9.17, 15) is 43.8 Å². The van der Waals surface area contributed by atoms with Crippen molar-refractivity contribution in [3.63, 3.8) is 0 Å². The van der Waals surface area contributed by atoms with Crippen molar-refractivity contribution in [2.45, 2.75) is 76.3 Å². The molecule has 0 aromatic heterocycles. The van der Waals surface area contributed by atoms with E-state index < -0.39 is 71.3 Å². The quantitative estimate of drug-likeness (QED) is 0.125. The van der Waals surface area contributed by atoms with Gasteiger partial charge in [0.2, 0.25) is 11.8 Å². The summed E-state index contributed by atoms with van der Waals surface area (Å²) in [4.78, 5) is 119. The summed E-state index contributed by atoms with van der Waals surface area (Å²) in [7, 11) is 0. The summed E-state index contributed by atoms with van der Waals surface area (Å²) in [5, 5.41) is 21.8. The molecular formula is C62H56N4O10. The number of carbonyl (C=O) groups is 8. The summed E-state index contributed by atoms with van der Waals surface area (Å²) in [6.07, 6.45) is 5.37. The highest BCUT2D eigenvalue weighted by Gasteiger charge is 2.47. The lowest BCUT2D eigenvalue weighted by molar-refractivity contribution is -0.153. The molecule has 12 rings (SSSR count). The first kappa shape index (κ1) is 48.7. The van der Waals surface area contributed by atoms with Crippen LogP contribution in [-0.4, -0.2) is 103 Å². The molecule has 6 aromatic rings. The molecule has 6 amide bonds. The summed E-state index contributed by atoms with van der Waals surface area (Å²) in [6.45, 7) is 0.155. The fourth-order valence-electron chi connectivity index (χ4n) is 13.6. The highest BCUT2D eigenvalue weighted by Crippen LogP contribution is 2.46. The van der Waals surface area contributed by atoms with Gasteiger partial charge in [-0.15, -0.1) is 0 Å². The van der Waals surface area contributed by atoms with Crippen LogP contribution >= 0.6 is 0 Å². The maximum atomic E-state index is 15.0. The SMILES string of the molecule is O=C(O)C1CCCCC1C(=O)N1CCc2ccccc2C1CN1C(=O)c2cc(-c3cccc4c3CCN(C(=O)C3CCCCC3C(=O)O)C4CN3C(=O)c4ccc(-c5ccccc5)cc4C3=O)c3ccccc3c2C1=O. The van der Waals surface area contributed by atoms with Gasteiger partial charge in [-0.2, -0.15) is 0 Å². The smallest absolute Gasteiger partial charge is 0.307 e. The van der Waals surface area contributed by atoms with Crippen LogP contribution in [0.25, 0.3) is 33.0 Å². The molecule has 76 heavy (non-hydrogen) atoms. The largest absolute Gasteiger partial charge is 0.481 e. The van der Waals surface area contributed by atoms with Gasteiger partial charge in [0, 0.05) is 13.1 Å². The van der Waals surface area contributed by atoms with Crippen LogP contribution in [0.3, 0.4) is 0 Å². The van der Waals surface area contributed by atoms with Gasteiger partial charge in [0.15, 0.2) is 0 Å². The number of benzene rings is 6. The fraction of sp³-hybridized carbons (Fsp3) is 0.323. The number of nitrogens with zero attached hydrogens (tertiary/aromatic N) is 4. The van der Waals surface area contributed by atoms with Gasteiger partial charge in [-0.1, -0.05) is 129 Å². The van der Waals surface area contributed by atoms with Crippen molar-refractivity contribution in [2.24, 2.45) is 23.7 Å². The molecule has 14 nitrogen and oxygen atoms in total. The Bertz CT molecular complexity index is 3460. The second-order valence-corrected chi connectivity index (χ2v) is 21.3. The second-order valence-electron chi connectivity index (χ2n) is 21.3. The molecule has 2 saturated carbocycles. The number of carbonyl (C=O) groups excluding carboxylic acids is 6. The minimum absolute atomic E-state index is 0.134. The number of hydrogen-bond acceptors (Lipinski definition) is 8. The molecule has 6 unspecified atom stereocenters. The summed E-state index contributed by atoms with van der Waals surface area (Å²) in [5.41, 5.74) is 7.31. The van der Waals surface area contributed by atoms with Crippen molar-refractivity contribution in [2.75, 3.05) is 26.2 Å².